The Hall–Kier alpha value is -1.56. The Labute approximate surface area is 87.7 Å². The van der Waals surface area contributed by atoms with Crippen molar-refractivity contribution in [2.45, 2.75) is 25.8 Å². The first kappa shape index (κ1) is 9.97. The Morgan fingerprint density at radius 3 is 3.07 bits per heavy atom. The topological polar surface area (TPSA) is 68.0 Å². The van der Waals surface area contributed by atoms with Crippen LogP contribution < -0.4 is 5.32 Å². The van der Waals surface area contributed by atoms with Crippen LogP contribution >= 0.6 is 0 Å². The SMILES string of the molecule is CCC(Cc1cncc2nnnn12)NC. The fourth-order valence-corrected chi connectivity index (χ4v) is 1.57. The lowest BCUT2D eigenvalue weighted by molar-refractivity contribution is 0.529. The molecular weight excluding hydrogens is 192 g/mol. The maximum Gasteiger partial charge on any atom is 0.197 e. The molecule has 2 aromatic heterocycles. The van der Waals surface area contributed by atoms with E-state index < -0.39 is 0 Å². The zero-order chi connectivity index (χ0) is 10.7. The van der Waals surface area contributed by atoms with Gasteiger partial charge in [0.1, 0.15) is 0 Å². The van der Waals surface area contributed by atoms with Gasteiger partial charge in [-0.3, -0.25) is 4.98 Å². The van der Waals surface area contributed by atoms with Crippen molar-refractivity contribution in [2.24, 2.45) is 0 Å². The van der Waals surface area contributed by atoms with Gasteiger partial charge in [-0.05, 0) is 23.9 Å². The first-order chi connectivity index (χ1) is 7.35. The number of nitrogens with one attached hydrogen (secondary N) is 1. The molecule has 0 aliphatic carbocycles. The van der Waals surface area contributed by atoms with Gasteiger partial charge in [0, 0.05) is 18.7 Å². The molecule has 6 heteroatoms. The molecule has 0 radical (unpaired) electrons. The van der Waals surface area contributed by atoms with Gasteiger partial charge in [0.15, 0.2) is 5.65 Å². The summed E-state index contributed by atoms with van der Waals surface area (Å²) in [6, 6.07) is 0.432. The molecule has 2 aromatic rings. The summed E-state index contributed by atoms with van der Waals surface area (Å²) in [6.07, 6.45) is 5.41. The molecule has 1 unspecified atom stereocenters. The van der Waals surface area contributed by atoms with Crippen LogP contribution in [0, 0.1) is 0 Å². The van der Waals surface area contributed by atoms with E-state index in [0.717, 1.165) is 18.5 Å². The first-order valence-electron chi connectivity index (χ1n) is 5.03. The summed E-state index contributed by atoms with van der Waals surface area (Å²) in [6.45, 7) is 2.15. The van der Waals surface area contributed by atoms with Crippen LogP contribution in [0.4, 0.5) is 0 Å². The Kier molecular flexibility index (Phi) is 2.86. The molecule has 2 rings (SSSR count). The van der Waals surface area contributed by atoms with E-state index in [4.69, 9.17) is 0 Å². The summed E-state index contributed by atoms with van der Waals surface area (Å²) in [5, 5.41) is 14.7. The van der Waals surface area contributed by atoms with Crippen LogP contribution in [0.3, 0.4) is 0 Å². The van der Waals surface area contributed by atoms with E-state index in [1.807, 2.05) is 13.2 Å². The van der Waals surface area contributed by atoms with Gasteiger partial charge in [0.05, 0.1) is 11.9 Å². The average Bonchev–Trinajstić information content (AvgIpc) is 2.74. The van der Waals surface area contributed by atoms with Crippen LogP contribution in [-0.4, -0.2) is 38.1 Å². The van der Waals surface area contributed by atoms with E-state index in [0.29, 0.717) is 11.7 Å². The summed E-state index contributed by atoms with van der Waals surface area (Å²) in [7, 11) is 1.96. The summed E-state index contributed by atoms with van der Waals surface area (Å²) >= 11 is 0. The Bertz CT molecular complexity index is 433. The van der Waals surface area contributed by atoms with Gasteiger partial charge in [-0.1, -0.05) is 6.92 Å². The molecule has 0 saturated heterocycles. The summed E-state index contributed by atoms with van der Waals surface area (Å²) in [5.41, 5.74) is 1.72. The number of hydrogen-bond acceptors (Lipinski definition) is 5. The average molecular weight is 206 g/mol. The molecule has 0 aliphatic heterocycles. The van der Waals surface area contributed by atoms with Crippen LogP contribution in [0.1, 0.15) is 19.0 Å². The third kappa shape index (κ3) is 1.94. The molecule has 1 atom stereocenters. The highest BCUT2D eigenvalue weighted by Crippen LogP contribution is 2.05. The third-order valence-electron chi connectivity index (χ3n) is 2.54. The van der Waals surface area contributed by atoms with Gasteiger partial charge in [-0.2, -0.15) is 4.52 Å². The quantitative estimate of drug-likeness (QED) is 0.766. The minimum atomic E-state index is 0.432. The second kappa shape index (κ2) is 4.31. The normalized spacial score (nSPS) is 13.2. The summed E-state index contributed by atoms with van der Waals surface area (Å²) < 4.78 is 1.73. The third-order valence-corrected chi connectivity index (χ3v) is 2.54. The van der Waals surface area contributed by atoms with Crippen molar-refractivity contribution < 1.29 is 0 Å². The second-order valence-electron chi connectivity index (χ2n) is 3.45. The molecule has 2 heterocycles. The fourth-order valence-electron chi connectivity index (χ4n) is 1.57. The molecular formula is C9H14N6. The lowest BCUT2D eigenvalue weighted by atomic mass is 10.1. The second-order valence-corrected chi connectivity index (χ2v) is 3.45. The number of likely N-dealkylation sites (N-methyl/N-ethyl adjacent to an activating group) is 1. The van der Waals surface area contributed by atoms with E-state index >= 15 is 0 Å². The zero-order valence-electron chi connectivity index (χ0n) is 8.88. The molecule has 6 nitrogen and oxygen atoms in total. The maximum atomic E-state index is 4.12. The van der Waals surface area contributed by atoms with Crippen molar-refractivity contribution in [1.29, 1.82) is 0 Å². The summed E-state index contributed by atoms with van der Waals surface area (Å²) in [5.74, 6) is 0. The van der Waals surface area contributed by atoms with Crippen LogP contribution in [0.25, 0.3) is 5.65 Å². The molecule has 0 bridgehead atoms. The predicted molar refractivity (Wildman–Crippen MR) is 55.4 cm³/mol. The van der Waals surface area contributed by atoms with Crippen molar-refractivity contribution in [1.82, 2.24) is 30.3 Å². The fraction of sp³-hybridized carbons (Fsp3) is 0.556. The van der Waals surface area contributed by atoms with Crippen LogP contribution in [0.15, 0.2) is 12.4 Å². The van der Waals surface area contributed by atoms with Crippen molar-refractivity contribution in [2.75, 3.05) is 7.05 Å². The highest BCUT2D eigenvalue weighted by atomic mass is 15.5. The van der Waals surface area contributed by atoms with E-state index in [-0.39, 0.29) is 0 Å². The van der Waals surface area contributed by atoms with Gasteiger partial charge in [0.25, 0.3) is 0 Å². The monoisotopic (exact) mass is 206 g/mol. The van der Waals surface area contributed by atoms with Gasteiger partial charge in [-0.25, -0.2) is 0 Å². The van der Waals surface area contributed by atoms with Crippen molar-refractivity contribution in [3.05, 3.63) is 18.1 Å². The number of aromatic nitrogens is 5. The predicted octanol–water partition coefficient (Wildman–Crippen LogP) is 0.0598. The standard InChI is InChI=1S/C9H14N6/c1-3-7(10-2)4-8-5-11-6-9-12-13-14-15(8)9/h5-7,10H,3-4H2,1-2H3. The van der Waals surface area contributed by atoms with Gasteiger partial charge in [-0.15, -0.1) is 5.10 Å². The first-order valence-corrected chi connectivity index (χ1v) is 5.03. The number of rotatable bonds is 4. The van der Waals surface area contributed by atoms with Crippen molar-refractivity contribution in [3.8, 4) is 0 Å². The van der Waals surface area contributed by atoms with Crippen LogP contribution in [0.2, 0.25) is 0 Å². The Morgan fingerprint density at radius 1 is 1.47 bits per heavy atom. The molecule has 0 saturated carbocycles. The van der Waals surface area contributed by atoms with Crippen LogP contribution in [-0.2, 0) is 6.42 Å². The molecule has 0 spiro atoms. The van der Waals surface area contributed by atoms with Gasteiger partial charge >= 0.3 is 0 Å². The van der Waals surface area contributed by atoms with Crippen LogP contribution in [0.5, 0.6) is 0 Å². The minimum absolute atomic E-state index is 0.432. The molecule has 1 N–H and O–H groups in total. The van der Waals surface area contributed by atoms with E-state index in [9.17, 15) is 0 Å². The molecule has 15 heavy (non-hydrogen) atoms. The number of nitrogens with zero attached hydrogens (tertiary/aromatic N) is 5. The highest BCUT2D eigenvalue weighted by molar-refractivity contribution is 5.32. The highest BCUT2D eigenvalue weighted by Gasteiger charge is 2.09. The lowest BCUT2D eigenvalue weighted by Gasteiger charge is -2.13. The van der Waals surface area contributed by atoms with Crippen molar-refractivity contribution >= 4 is 5.65 Å². The Morgan fingerprint density at radius 2 is 2.33 bits per heavy atom. The van der Waals surface area contributed by atoms with E-state index in [1.54, 1.807) is 10.7 Å². The van der Waals surface area contributed by atoms with E-state index in [2.05, 4.69) is 32.7 Å². The largest absolute Gasteiger partial charge is 0.317 e. The molecule has 80 valence electrons. The summed E-state index contributed by atoms with van der Waals surface area (Å²) in [4.78, 5) is 4.12. The van der Waals surface area contributed by atoms with Gasteiger partial charge < -0.3 is 5.32 Å². The number of fused-ring (bicyclic) bond motifs is 1. The molecule has 0 amide bonds. The molecule has 0 fully saturated rings. The number of tetrazole rings is 1. The lowest BCUT2D eigenvalue weighted by Crippen LogP contribution is -2.27. The smallest absolute Gasteiger partial charge is 0.197 e. The molecule has 0 aliphatic rings. The minimum Gasteiger partial charge on any atom is -0.317 e. The molecule has 0 aromatic carbocycles. The van der Waals surface area contributed by atoms with Gasteiger partial charge in [0.2, 0.25) is 0 Å². The van der Waals surface area contributed by atoms with Crippen molar-refractivity contribution in [3.63, 3.8) is 0 Å². The Balaban J connectivity index is 2.30. The number of hydrogen-bond donors (Lipinski definition) is 1. The maximum absolute atomic E-state index is 4.12. The van der Waals surface area contributed by atoms with E-state index in [1.165, 1.54) is 0 Å². The zero-order valence-corrected chi connectivity index (χ0v) is 8.88.